The molecule has 1 nitrogen and oxygen atoms in total. The molecule has 5 heavy (non-hydrogen) atoms. The van der Waals surface area contributed by atoms with Gasteiger partial charge in [-0.15, -0.1) is 11.8 Å². The zero-order chi connectivity index (χ0) is 4.12. The van der Waals surface area contributed by atoms with Gasteiger partial charge in [-0.25, -0.2) is 0 Å². The van der Waals surface area contributed by atoms with E-state index >= 15 is 0 Å². The third kappa shape index (κ3) is 4.31. The van der Waals surface area contributed by atoms with Gasteiger partial charge in [-0.1, -0.05) is 0 Å². The first-order chi connectivity index (χ1) is 2.41. The molecule has 0 rings (SSSR count). The van der Waals surface area contributed by atoms with E-state index in [0.717, 1.165) is 0 Å². The van der Waals surface area contributed by atoms with Crippen LogP contribution in [-0.2, 0) is 4.74 Å². The molecular weight excluding hydrogens is 84.1 g/mol. The predicted molar refractivity (Wildman–Crippen MR) is 23.8 cm³/mol. The van der Waals surface area contributed by atoms with Gasteiger partial charge in [-0.3, -0.25) is 0 Å². The minimum atomic E-state index is 0.583. The lowest BCUT2D eigenvalue weighted by Gasteiger charge is -1.84. The van der Waals surface area contributed by atoms with Gasteiger partial charge >= 0.3 is 0 Å². The van der Waals surface area contributed by atoms with Crippen molar-refractivity contribution in [2.24, 2.45) is 0 Å². The summed E-state index contributed by atoms with van der Waals surface area (Å²) in [7, 11) is 1.61. The average molecular weight is 90.1 g/mol. The molecule has 0 aromatic heterocycles. The lowest BCUT2D eigenvalue weighted by Crippen LogP contribution is -1.73. The molecule has 0 aliphatic heterocycles. The molecule has 2 heteroatoms. The molecule has 0 heterocycles. The molecule has 2 radical (unpaired) electrons. The van der Waals surface area contributed by atoms with Crippen LogP contribution < -0.4 is 0 Å². The van der Waals surface area contributed by atoms with Crippen molar-refractivity contribution in [2.75, 3.05) is 13.0 Å². The summed E-state index contributed by atoms with van der Waals surface area (Å²) in [6, 6.07) is 0. The Morgan fingerprint density at radius 1 is 2.00 bits per heavy atom. The van der Waals surface area contributed by atoms with E-state index in [9.17, 15) is 0 Å². The third-order valence-corrected chi connectivity index (χ3v) is 0.558. The summed E-state index contributed by atoms with van der Waals surface area (Å²) >= 11 is 1.18. The molecule has 0 aromatic rings. The van der Waals surface area contributed by atoms with Crippen LogP contribution in [0.4, 0.5) is 0 Å². The Labute approximate surface area is 36.7 Å². The predicted octanol–water partition coefficient (Wildman–Crippen LogP) is 0.992. The van der Waals surface area contributed by atoms with Crippen LogP contribution in [0.2, 0.25) is 0 Å². The van der Waals surface area contributed by atoms with E-state index in [1.54, 1.807) is 7.11 Å². The van der Waals surface area contributed by atoms with Gasteiger partial charge < -0.3 is 4.74 Å². The second kappa shape index (κ2) is 4.31. The van der Waals surface area contributed by atoms with Crippen LogP contribution in [0.25, 0.3) is 0 Å². The molecule has 0 aliphatic rings. The highest BCUT2D eigenvalue weighted by molar-refractivity contribution is 8.00. The minimum absolute atomic E-state index is 0.583. The van der Waals surface area contributed by atoms with Crippen LogP contribution in [0.3, 0.4) is 0 Å². The second-order valence-corrected chi connectivity index (χ2v) is 1.14. The highest BCUT2D eigenvalue weighted by atomic mass is 32.2. The van der Waals surface area contributed by atoms with Crippen LogP contribution in [0.15, 0.2) is 0 Å². The summed E-state index contributed by atoms with van der Waals surface area (Å²) in [6.45, 7) is 0. The maximum atomic E-state index is 4.93. The summed E-state index contributed by atoms with van der Waals surface area (Å²) in [5.41, 5.74) is 0. The molecule has 0 saturated heterocycles. The van der Waals surface area contributed by atoms with E-state index in [1.807, 2.05) is 0 Å². The van der Waals surface area contributed by atoms with E-state index < -0.39 is 0 Å². The molecule has 0 saturated carbocycles. The van der Waals surface area contributed by atoms with Crippen LogP contribution >= 0.6 is 11.8 Å². The zero-order valence-corrected chi connectivity index (χ0v) is 3.92. The quantitative estimate of drug-likeness (QED) is 0.468. The topological polar surface area (TPSA) is 9.23 Å². The van der Waals surface area contributed by atoms with Gasteiger partial charge in [0.1, 0.15) is 0 Å². The Morgan fingerprint density at radius 3 is 2.60 bits per heavy atom. The monoisotopic (exact) mass is 90.0 g/mol. The maximum absolute atomic E-state index is 4.93. The standard InChI is InChI=1S/C3H6OS/c1-4-3-5-2/h2H,3H2,1H3. The first-order valence-corrected chi connectivity index (χ1v) is 2.27. The molecule has 0 fully saturated rings. The average Bonchev–Trinajstić information content (AvgIpc) is 1.41. The van der Waals surface area contributed by atoms with Gasteiger partial charge in [0.2, 0.25) is 0 Å². The Kier molecular flexibility index (Phi) is 4.58. The molecule has 30 valence electrons. The van der Waals surface area contributed by atoms with E-state index in [4.69, 9.17) is 6.26 Å². The van der Waals surface area contributed by atoms with Crippen LogP contribution in [0.5, 0.6) is 0 Å². The van der Waals surface area contributed by atoms with Gasteiger partial charge in [-0.05, 0) is 0 Å². The molecule has 0 amide bonds. The highest BCUT2D eigenvalue weighted by Gasteiger charge is 1.66. The fourth-order valence-electron chi connectivity index (χ4n) is 0.0680. The maximum Gasteiger partial charge on any atom is 0.0920 e. The van der Waals surface area contributed by atoms with Crippen molar-refractivity contribution in [3.63, 3.8) is 0 Å². The minimum Gasteiger partial charge on any atom is -0.374 e. The highest BCUT2D eigenvalue weighted by Crippen LogP contribution is 1.90. The number of methoxy groups -OCH3 is 1. The fraction of sp³-hybridized carbons (Fsp3) is 0.667. The summed E-state index contributed by atoms with van der Waals surface area (Å²) in [5.74, 6) is 0.583. The molecule has 0 unspecified atom stereocenters. The lowest BCUT2D eigenvalue weighted by molar-refractivity contribution is 0.259. The third-order valence-electron chi connectivity index (χ3n) is 0.186. The number of hydrogen-bond donors (Lipinski definition) is 0. The van der Waals surface area contributed by atoms with Gasteiger partial charge in [0.05, 0.1) is 5.94 Å². The second-order valence-electron chi connectivity index (χ2n) is 0.573. The Balaban J connectivity index is 2.19. The first kappa shape index (κ1) is 5.31. The van der Waals surface area contributed by atoms with Crippen molar-refractivity contribution >= 4 is 11.8 Å². The smallest absolute Gasteiger partial charge is 0.0920 e. The van der Waals surface area contributed by atoms with E-state index in [2.05, 4.69) is 4.74 Å². The zero-order valence-electron chi connectivity index (χ0n) is 3.10. The number of thioether (sulfide) groups is 1. The van der Waals surface area contributed by atoms with Gasteiger partial charge in [-0.2, -0.15) is 0 Å². The summed E-state index contributed by atoms with van der Waals surface area (Å²) < 4.78 is 4.53. The molecule has 0 aromatic carbocycles. The van der Waals surface area contributed by atoms with E-state index in [-0.39, 0.29) is 0 Å². The van der Waals surface area contributed by atoms with Crippen molar-refractivity contribution < 1.29 is 4.74 Å². The lowest BCUT2D eigenvalue weighted by atomic mass is 11.5. The molecule has 0 aliphatic carbocycles. The molecule has 0 spiro atoms. The van der Waals surface area contributed by atoms with E-state index in [1.165, 1.54) is 11.8 Å². The number of hydrogen-bond acceptors (Lipinski definition) is 2. The Morgan fingerprint density at radius 2 is 2.60 bits per heavy atom. The Hall–Kier alpha value is 0.310. The van der Waals surface area contributed by atoms with Crippen LogP contribution in [0.1, 0.15) is 0 Å². The van der Waals surface area contributed by atoms with E-state index in [0.29, 0.717) is 5.94 Å². The van der Waals surface area contributed by atoms with Crippen molar-refractivity contribution in [1.82, 2.24) is 0 Å². The SMILES string of the molecule is [CH]SCOC. The number of ether oxygens (including phenoxy) is 1. The summed E-state index contributed by atoms with van der Waals surface area (Å²) in [5, 5.41) is 0. The summed E-state index contributed by atoms with van der Waals surface area (Å²) in [6.07, 6.45) is 4.93. The largest absolute Gasteiger partial charge is 0.374 e. The van der Waals surface area contributed by atoms with Crippen LogP contribution in [-0.4, -0.2) is 13.0 Å². The molecular formula is C3H6OS. The van der Waals surface area contributed by atoms with Gasteiger partial charge in [0.15, 0.2) is 0 Å². The molecule has 0 bridgehead atoms. The molecule has 0 atom stereocenters. The summed E-state index contributed by atoms with van der Waals surface area (Å²) in [4.78, 5) is 0. The van der Waals surface area contributed by atoms with Crippen LogP contribution in [0, 0.1) is 6.26 Å². The van der Waals surface area contributed by atoms with Crippen molar-refractivity contribution in [2.45, 2.75) is 0 Å². The molecule has 0 N–H and O–H groups in total. The fourth-order valence-corrected chi connectivity index (χ4v) is 0.204. The number of rotatable bonds is 2. The van der Waals surface area contributed by atoms with Crippen molar-refractivity contribution in [1.29, 1.82) is 0 Å². The normalized spacial score (nSPS) is 8.40. The van der Waals surface area contributed by atoms with Gasteiger partial charge in [0, 0.05) is 13.4 Å². The first-order valence-electron chi connectivity index (χ1n) is 1.22. The van der Waals surface area contributed by atoms with Crippen molar-refractivity contribution in [3.05, 3.63) is 6.26 Å². The van der Waals surface area contributed by atoms with Gasteiger partial charge in [0.25, 0.3) is 0 Å². The van der Waals surface area contributed by atoms with Crippen molar-refractivity contribution in [3.8, 4) is 0 Å². The Bertz CT molecular complexity index is 14.4.